The van der Waals surface area contributed by atoms with Crippen LogP contribution in [-0.2, 0) is 51.2 Å². The molecule has 0 saturated carbocycles. The van der Waals surface area contributed by atoms with Crippen molar-refractivity contribution >= 4 is 81.4 Å². The number of nitrogens with one attached hydrogen (secondary N) is 4. The number of rotatable bonds is 8. The lowest BCUT2D eigenvalue weighted by Gasteiger charge is -2.39. The van der Waals surface area contributed by atoms with Gasteiger partial charge in [0.25, 0.3) is 0 Å². The lowest BCUT2D eigenvalue weighted by atomic mass is 9.81. The predicted molar refractivity (Wildman–Crippen MR) is 265 cm³/mol. The Morgan fingerprint density at radius 3 is 1.34 bits per heavy atom. The van der Waals surface area contributed by atoms with Gasteiger partial charge in [0.1, 0.15) is 23.2 Å². The SMILES string of the molecule is Cc1cc(NC(=O)C(=O)N2CCC(C(=O)C(C)C)C[C@H]2c2ccc3c(c2)CCC(=O)N3)cnc1N.Cc1cc(NC(=O)C(=O)N2CC[C@@H](C(=O)C(C)C)C[C@H]2c2ccc3c(c2)CCC(=O)N3)cnc1N. The molecule has 2 aromatic heterocycles. The van der Waals surface area contributed by atoms with E-state index in [1.807, 2.05) is 64.1 Å². The molecule has 8 N–H and O–H groups in total. The molecule has 0 bridgehead atoms. The summed E-state index contributed by atoms with van der Waals surface area (Å²) in [6.45, 7) is 11.7. The molecule has 4 aromatic rings. The van der Waals surface area contributed by atoms with Gasteiger partial charge in [-0.15, -0.1) is 0 Å². The average molecular weight is 955 g/mol. The van der Waals surface area contributed by atoms with Crippen LogP contribution in [0, 0.1) is 37.5 Å². The molecular formula is C52H62N10O8. The third-order valence-electron chi connectivity index (χ3n) is 13.6. The lowest BCUT2D eigenvalue weighted by molar-refractivity contribution is -0.147. The molecule has 6 heterocycles. The summed E-state index contributed by atoms with van der Waals surface area (Å²) >= 11 is 0. The molecule has 4 atom stereocenters. The highest BCUT2D eigenvalue weighted by atomic mass is 16.2. The van der Waals surface area contributed by atoms with Crippen molar-refractivity contribution in [2.45, 2.75) is 105 Å². The number of piperidine rings is 2. The van der Waals surface area contributed by atoms with Crippen LogP contribution in [0.15, 0.2) is 60.9 Å². The van der Waals surface area contributed by atoms with Crippen LogP contribution in [0.2, 0.25) is 0 Å². The zero-order valence-corrected chi connectivity index (χ0v) is 40.5. The zero-order valence-electron chi connectivity index (χ0n) is 40.5. The van der Waals surface area contributed by atoms with E-state index in [0.717, 1.165) is 33.6 Å². The Bertz CT molecular complexity index is 2570. The number of hydrogen-bond acceptors (Lipinski definition) is 12. The van der Waals surface area contributed by atoms with Gasteiger partial charge < -0.3 is 42.5 Å². The Labute approximate surface area is 407 Å². The highest BCUT2D eigenvalue weighted by Crippen LogP contribution is 2.40. The molecule has 2 aromatic carbocycles. The van der Waals surface area contributed by atoms with Crippen LogP contribution in [0.5, 0.6) is 0 Å². The summed E-state index contributed by atoms with van der Waals surface area (Å²) in [6, 6.07) is 13.8. The minimum atomic E-state index is -0.764. The van der Waals surface area contributed by atoms with Gasteiger partial charge in [0.05, 0.1) is 35.9 Å². The van der Waals surface area contributed by atoms with Gasteiger partial charge in [-0.05, 0) is 110 Å². The number of ketones is 2. The maximum absolute atomic E-state index is 13.3. The van der Waals surface area contributed by atoms with Crippen molar-refractivity contribution in [2.24, 2.45) is 23.7 Å². The number of benzene rings is 2. The van der Waals surface area contributed by atoms with Crippen LogP contribution >= 0.6 is 0 Å². The molecular weight excluding hydrogens is 893 g/mol. The maximum Gasteiger partial charge on any atom is 0.313 e. The van der Waals surface area contributed by atoms with Crippen LogP contribution in [0.25, 0.3) is 0 Å². The van der Waals surface area contributed by atoms with Gasteiger partial charge in [-0.2, -0.15) is 0 Å². The molecule has 4 aliphatic rings. The Hall–Kier alpha value is -7.50. The number of hydrogen-bond donors (Lipinski definition) is 6. The molecule has 368 valence electrons. The number of fused-ring (bicyclic) bond motifs is 2. The van der Waals surface area contributed by atoms with Gasteiger partial charge in [0.15, 0.2) is 0 Å². The summed E-state index contributed by atoms with van der Waals surface area (Å²) < 4.78 is 0. The number of nitrogens with zero attached hydrogens (tertiary/aromatic N) is 4. The quantitative estimate of drug-likeness (QED) is 0.111. The highest BCUT2D eigenvalue weighted by Gasteiger charge is 2.40. The van der Waals surface area contributed by atoms with E-state index in [0.29, 0.717) is 98.6 Å². The Morgan fingerprint density at radius 2 is 0.986 bits per heavy atom. The normalized spacial score (nSPS) is 19.7. The molecule has 8 rings (SSSR count). The fourth-order valence-electron chi connectivity index (χ4n) is 9.67. The number of carbonyl (C=O) groups excluding carboxylic acids is 8. The number of carbonyl (C=O) groups is 8. The van der Waals surface area contributed by atoms with Crippen molar-refractivity contribution in [3.05, 3.63) is 94.3 Å². The van der Waals surface area contributed by atoms with Gasteiger partial charge >= 0.3 is 23.6 Å². The monoisotopic (exact) mass is 954 g/mol. The molecule has 70 heavy (non-hydrogen) atoms. The van der Waals surface area contributed by atoms with Crippen molar-refractivity contribution in [2.75, 3.05) is 45.8 Å². The molecule has 4 aliphatic heterocycles. The van der Waals surface area contributed by atoms with Crippen LogP contribution < -0.4 is 32.7 Å². The molecule has 0 aliphatic carbocycles. The molecule has 2 fully saturated rings. The van der Waals surface area contributed by atoms with Crippen molar-refractivity contribution in [3.8, 4) is 0 Å². The fraction of sp³-hybridized carbons (Fsp3) is 0.423. The fourth-order valence-corrected chi connectivity index (χ4v) is 9.67. The summed E-state index contributed by atoms with van der Waals surface area (Å²) in [5.41, 5.74) is 18.9. The van der Waals surface area contributed by atoms with E-state index in [-0.39, 0.29) is 47.1 Å². The summed E-state index contributed by atoms with van der Waals surface area (Å²) in [5.74, 6) is -2.43. The molecule has 6 amide bonds. The third kappa shape index (κ3) is 11.5. The number of Topliss-reactive ketones (excluding diaryl/α,β-unsaturated/α-hetero) is 2. The van der Waals surface area contributed by atoms with Gasteiger partial charge in [0.2, 0.25) is 11.8 Å². The number of likely N-dealkylation sites (tertiary alicyclic amines) is 2. The van der Waals surface area contributed by atoms with Crippen LogP contribution in [0.1, 0.15) is 112 Å². The zero-order chi connectivity index (χ0) is 50.6. The van der Waals surface area contributed by atoms with Gasteiger partial charge in [-0.3, -0.25) is 38.4 Å². The summed E-state index contributed by atoms with van der Waals surface area (Å²) in [5, 5.41) is 11.0. The molecule has 18 heteroatoms. The van der Waals surface area contributed by atoms with Crippen LogP contribution in [0.4, 0.5) is 34.4 Å². The van der Waals surface area contributed by atoms with Gasteiger partial charge in [0, 0.05) is 61.0 Å². The van der Waals surface area contributed by atoms with Crippen molar-refractivity contribution in [1.29, 1.82) is 0 Å². The second kappa shape index (κ2) is 21.4. The highest BCUT2D eigenvalue weighted by molar-refractivity contribution is 6.40. The standard InChI is InChI=1S/2C26H31N5O4/c2*1-14(2)23(33)18-8-9-31(26(35)25(34)29-19-10-15(3)24(27)28-13-19)21(12-18)17-4-6-20-16(11-17)5-7-22(32)30-20/h2*4,6,10-11,13-14,18,21H,5,7-9,12H2,1-3H3,(H2,27,28)(H,29,34)(H,30,32)/t18?,21-;18-,21+/m01/s1. The number of amides is 6. The topological polar surface area (TPSA) is 269 Å². The van der Waals surface area contributed by atoms with Crippen molar-refractivity contribution in [1.82, 2.24) is 19.8 Å². The number of nitrogens with two attached hydrogens (primary N) is 2. The molecule has 2 saturated heterocycles. The number of anilines is 6. The largest absolute Gasteiger partial charge is 0.383 e. The minimum absolute atomic E-state index is 0.0219. The summed E-state index contributed by atoms with van der Waals surface area (Å²) in [7, 11) is 0. The van der Waals surface area contributed by atoms with Crippen molar-refractivity contribution in [3.63, 3.8) is 0 Å². The minimum Gasteiger partial charge on any atom is -0.383 e. The van der Waals surface area contributed by atoms with Crippen LogP contribution in [0.3, 0.4) is 0 Å². The van der Waals surface area contributed by atoms with E-state index >= 15 is 0 Å². The maximum atomic E-state index is 13.3. The van der Waals surface area contributed by atoms with E-state index in [4.69, 9.17) is 11.5 Å². The molecule has 1 unspecified atom stereocenters. The van der Waals surface area contributed by atoms with Crippen LogP contribution in [-0.4, -0.2) is 79.9 Å². The molecule has 18 nitrogen and oxygen atoms in total. The second-order valence-corrected chi connectivity index (χ2v) is 19.3. The first-order chi connectivity index (χ1) is 33.3. The first kappa shape index (κ1) is 50.4. The second-order valence-electron chi connectivity index (χ2n) is 19.3. The number of aromatic nitrogens is 2. The Kier molecular flexibility index (Phi) is 15.4. The number of aryl methyl sites for hydroxylation is 4. The first-order valence-electron chi connectivity index (χ1n) is 23.9. The molecule has 0 spiro atoms. The van der Waals surface area contributed by atoms with E-state index < -0.39 is 35.7 Å². The number of nitrogen functional groups attached to an aromatic ring is 2. The van der Waals surface area contributed by atoms with E-state index in [1.165, 1.54) is 12.4 Å². The average Bonchev–Trinajstić information content (AvgIpc) is 3.34. The van der Waals surface area contributed by atoms with Gasteiger partial charge in [-0.25, -0.2) is 9.97 Å². The van der Waals surface area contributed by atoms with E-state index in [2.05, 4.69) is 31.2 Å². The van der Waals surface area contributed by atoms with E-state index in [1.54, 1.807) is 35.8 Å². The smallest absolute Gasteiger partial charge is 0.313 e. The molecule has 0 radical (unpaired) electrons. The lowest BCUT2D eigenvalue weighted by Crippen LogP contribution is -2.47. The number of pyridine rings is 2. The third-order valence-corrected chi connectivity index (χ3v) is 13.6. The summed E-state index contributed by atoms with van der Waals surface area (Å²) in [4.78, 5) is 113. The first-order valence-corrected chi connectivity index (χ1v) is 23.9. The Balaban J connectivity index is 0.000000206. The van der Waals surface area contributed by atoms with E-state index in [9.17, 15) is 38.4 Å². The van der Waals surface area contributed by atoms with Crippen molar-refractivity contribution < 1.29 is 38.4 Å². The van der Waals surface area contributed by atoms with Gasteiger partial charge in [-0.1, -0.05) is 52.0 Å². The Morgan fingerprint density at radius 1 is 0.600 bits per heavy atom. The summed E-state index contributed by atoms with van der Waals surface area (Å²) in [6.07, 6.45) is 6.75. The predicted octanol–water partition coefficient (Wildman–Crippen LogP) is 6.00.